The van der Waals surface area contributed by atoms with Crippen molar-refractivity contribution in [3.63, 3.8) is 0 Å². The number of anilines is 1. The third kappa shape index (κ3) is 1.57. The van der Waals surface area contributed by atoms with Gasteiger partial charge in [0.05, 0.1) is 4.90 Å². The SMILES string of the molecule is Nc1cc(O)c2c(c1)C(=O)CCCS2. The van der Waals surface area contributed by atoms with Crippen molar-refractivity contribution in [2.24, 2.45) is 0 Å². The number of nitrogens with two attached hydrogens (primary N) is 1. The van der Waals surface area contributed by atoms with Gasteiger partial charge in [-0.2, -0.15) is 0 Å². The Morgan fingerprint density at radius 3 is 3.00 bits per heavy atom. The first kappa shape index (κ1) is 9.40. The van der Waals surface area contributed by atoms with Gasteiger partial charge in [0.2, 0.25) is 0 Å². The first-order valence-electron chi connectivity index (χ1n) is 4.47. The predicted octanol–water partition coefficient (Wildman–Crippen LogP) is 2.04. The average Bonchev–Trinajstić information content (AvgIpc) is 2.29. The van der Waals surface area contributed by atoms with Gasteiger partial charge in [-0.3, -0.25) is 4.79 Å². The summed E-state index contributed by atoms with van der Waals surface area (Å²) in [4.78, 5) is 12.3. The molecule has 1 aliphatic heterocycles. The van der Waals surface area contributed by atoms with E-state index >= 15 is 0 Å². The number of phenolic OH excluding ortho intramolecular Hbond substituents is 1. The number of ketones is 1. The van der Waals surface area contributed by atoms with Gasteiger partial charge in [-0.05, 0) is 18.2 Å². The molecule has 3 N–H and O–H groups in total. The molecule has 74 valence electrons. The van der Waals surface area contributed by atoms with E-state index in [0.29, 0.717) is 22.6 Å². The molecule has 1 aromatic rings. The van der Waals surface area contributed by atoms with E-state index in [1.54, 1.807) is 6.07 Å². The molecule has 0 radical (unpaired) electrons. The Morgan fingerprint density at radius 1 is 1.43 bits per heavy atom. The Morgan fingerprint density at radius 2 is 2.21 bits per heavy atom. The van der Waals surface area contributed by atoms with Crippen molar-refractivity contribution in [3.05, 3.63) is 17.7 Å². The molecule has 0 aromatic heterocycles. The zero-order valence-electron chi connectivity index (χ0n) is 7.62. The molecule has 0 amide bonds. The number of hydrogen-bond donors (Lipinski definition) is 2. The number of aromatic hydroxyl groups is 1. The third-order valence-corrected chi connectivity index (χ3v) is 3.40. The first-order valence-corrected chi connectivity index (χ1v) is 5.45. The second kappa shape index (κ2) is 3.53. The summed E-state index contributed by atoms with van der Waals surface area (Å²) in [5.41, 5.74) is 6.59. The summed E-state index contributed by atoms with van der Waals surface area (Å²) in [6, 6.07) is 3.14. The molecule has 0 aliphatic carbocycles. The molecule has 0 saturated heterocycles. The molecular formula is C10H11NO2S. The van der Waals surface area contributed by atoms with Crippen LogP contribution in [-0.4, -0.2) is 16.6 Å². The molecule has 0 unspecified atom stereocenters. The van der Waals surface area contributed by atoms with Crippen LogP contribution in [0.3, 0.4) is 0 Å². The highest BCUT2D eigenvalue weighted by Gasteiger charge is 2.19. The molecule has 1 aromatic carbocycles. The van der Waals surface area contributed by atoms with Gasteiger partial charge in [-0.1, -0.05) is 0 Å². The van der Waals surface area contributed by atoms with E-state index < -0.39 is 0 Å². The molecule has 0 fully saturated rings. The highest BCUT2D eigenvalue weighted by molar-refractivity contribution is 7.99. The number of nitrogen functional groups attached to an aromatic ring is 1. The maximum Gasteiger partial charge on any atom is 0.164 e. The van der Waals surface area contributed by atoms with Crippen LogP contribution < -0.4 is 5.73 Å². The van der Waals surface area contributed by atoms with Crippen LogP contribution in [0.5, 0.6) is 5.75 Å². The van der Waals surface area contributed by atoms with Gasteiger partial charge in [0.1, 0.15) is 5.75 Å². The Bertz CT molecular complexity index is 390. The fourth-order valence-electron chi connectivity index (χ4n) is 1.54. The number of carbonyl (C=O) groups is 1. The van der Waals surface area contributed by atoms with E-state index in [1.165, 1.54) is 17.8 Å². The smallest absolute Gasteiger partial charge is 0.164 e. The number of hydrogen-bond acceptors (Lipinski definition) is 4. The maximum absolute atomic E-state index is 11.6. The fourth-order valence-corrected chi connectivity index (χ4v) is 2.56. The van der Waals surface area contributed by atoms with Gasteiger partial charge in [0.15, 0.2) is 5.78 Å². The summed E-state index contributed by atoms with van der Waals surface area (Å²) < 4.78 is 0. The molecular weight excluding hydrogens is 198 g/mol. The quantitative estimate of drug-likeness (QED) is 0.642. The first-order chi connectivity index (χ1) is 6.68. The average molecular weight is 209 g/mol. The Balaban J connectivity index is 2.58. The number of Topliss-reactive ketones (excluding diaryl/α,β-unsaturated/α-hetero) is 1. The van der Waals surface area contributed by atoms with Crippen molar-refractivity contribution >= 4 is 23.2 Å². The third-order valence-electron chi connectivity index (χ3n) is 2.19. The van der Waals surface area contributed by atoms with Crippen molar-refractivity contribution in [3.8, 4) is 5.75 Å². The molecule has 0 bridgehead atoms. The number of phenols is 1. The topological polar surface area (TPSA) is 63.3 Å². The van der Waals surface area contributed by atoms with Crippen molar-refractivity contribution in [2.75, 3.05) is 11.5 Å². The standard InChI is InChI=1S/C10H11NO2S/c11-6-4-7-8(12)2-1-3-14-10(7)9(13)5-6/h4-5,13H,1-3,11H2. The lowest BCUT2D eigenvalue weighted by atomic mass is 10.1. The maximum atomic E-state index is 11.6. The van der Waals surface area contributed by atoms with Crippen LogP contribution in [0.25, 0.3) is 0 Å². The molecule has 0 spiro atoms. The van der Waals surface area contributed by atoms with Crippen LogP contribution in [0, 0.1) is 0 Å². The zero-order valence-corrected chi connectivity index (χ0v) is 8.43. The lowest BCUT2D eigenvalue weighted by Crippen LogP contribution is -2.00. The van der Waals surface area contributed by atoms with Crippen molar-refractivity contribution in [1.29, 1.82) is 0 Å². The van der Waals surface area contributed by atoms with Crippen LogP contribution in [0.15, 0.2) is 17.0 Å². The summed E-state index contributed by atoms with van der Waals surface area (Å²) in [7, 11) is 0. The summed E-state index contributed by atoms with van der Waals surface area (Å²) in [6.45, 7) is 0. The second-order valence-corrected chi connectivity index (χ2v) is 4.40. The molecule has 3 nitrogen and oxygen atoms in total. The largest absolute Gasteiger partial charge is 0.507 e. The highest BCUT2D eigenvalue weighted by Crippen LogP contribution is 2.37. The summed E-state index contributed by atoms with van der Waals surface area (Å²) in [5, 5.41) is 9.63. The number of benzene rings is 1. The minimum Gasteiger partial charge on any atom is -0.507 e. The highest BCUT2D eigenvalue weighted by atomic mass is 32.2. The van der Waals surface area contributed by atoms with Gasteiger partial charge >= 0.3 is 0 Å². The second-order valence-electron chi connectivity index (χ2n) is 3.29. The van der Waals surface area contributed by atoms with Crippen LogP contribution in [0.1, 0.15) is 23.2 Å². The van der Waals surface area contributed by atoms with E-state index in [4.69, 9.17) is 5.73 Å². The van der Waals surface area contributed by atoms with Crippen LogP contribution in [0.2, 0.25) is 0 Å². The van der Waals surface area contributed by atoms with Crippen LogP contribution in [0.4, 0.5) is 5.69 Å². The summed E-state index contributed by atoms with van der Waals surface area (Å²) in [5.74, 6) is 1.07. The minimum absolute atomic E-state index is 0.0765. The van der Waals surface area contributed by atoms with Gasteiger partial charge in [0, 0.05) is 23.7 Å². The van der Waals surface area contributed by atoms with Crippen LogP contribution >= 0.6 is 11.8 Å². The Hall–Kier alpha value is -1.16. The number of carbonyl (C=O) groups excluding carboxylic acids is 1. The predicted molar refractivity (Wildman–Crippen MR) is 56.8 cm³/mol. The lowest BCUT2D eigenvalue weighted by molar-refractivity contribution is 0.0979. The Labute approximate surface area is 86.3 Å². The van der Waals surface area contributed by atoms with Crippen molar-refractivity contribution in [1.82, 2.24) is 0 Å². The fraction of sp³-hybridized carbons (Fsp3) is 0.300. The summed E-state index contributed by atoms with van der Waals surface area (Å²) in [6.07, 6.45) is 1.40. The number of rotatable bonds is 0. The van der Waals surface area contributed by atoms with Crippen LogP contribution in [-0.2, 0) is 0 Å². The van der Waals surface area contributed by atoms with Gasteiger partial charge in [0.25, 0.3) is 0 Å². The van der Waals surface area contributed by atoms with Crippen molar-refractivity contribution in [2.45, 2.75) is 17.7 Å². The van der Waals surface area contributed by atoms with E-state index in [9.17, 15) is 9.90 Å². The molecule has 0 saturated carbocycles. The van der Waals surface area contributed by atoms with E-state index in [0.717, 1.165) is 12.2 Å². The van der Waals surface area contributed by atoms with E-state index in [-0.39, 0.29) is 11.5 Å². The van der Waals surface area contributed by atoms with Gasteiger partial charge < -0.3 is 10.8 Å². The summed E-state index contributed by atoms with van der Waals surface area (Å²) >= 11 is 1.52. The minimum atomic E-state index is 0.0765. The van der Waals surface area contributed by atoms with Gasteiger partial charge in [-0.25, -0.2) is 0 Å². The lowest BCUT2D eigenvalue weighted by Gasteiger charge is -2.07. The van der Waals surface area contributed by atoms with Gasteiger partial charge in [-0.15, -0.1) is 11.8 Å². The molecule has 0 atom stereocenters. The molecule has 14 heavy (non-hydrogen) atoms. The van der Waals surface area contributed by atoms with Crippen molar-refractivity contribution < 1.29 is 9.90 Å². The Kier molecular flexibility index (Phi) is 2.37. The number of fused-ring (bicyclic) bond motifs is 1. The monoisotopic (exact) mass is 209 g/mol. The van der Waals surface area contributed by atoms with E-state index in [2.05, 4.69) is 0 Å². The van der Waals surface area contributed by atoms with E-state index in [1.807, 2.05) is 0 Å². The molecule has 1 aliphatic rings. The molecule has 4 heteroatoms. The molecule has 1 heterocycles. The zero-order chi connectivity index (χ0) is 10.1. The number of thioether (sulfide) groups is 1. The normalized spacial score (nSPS) is 16.1. The molecule has 2 rings (SSSR count).